The monoisotopic (exact) mass is 510 g/mol. The van der Waals surface area contributed by atoms with Crippen molar-refractivity contribution in [1.82, 2.24) is 19.9 Å². The van der Waals surface area contributed by atoms with Gasteiger partial charge in [0.2, 0.25) is 0 Å². The number of carbonyl (C=O) groups is 1. The zero-order valence-corrected chi connectivity index (χ0v) is 21.3. The van der Waals surface area contributed by atoms with Gasteiger partial charge in [-0.2, -0.15) is 0 Å². The Morgan fingerprint density at radius 1 is 1.22 bits per heavy atom. The smallest absolute Gasteiger partial charge is 0.326 e. The van der Waals surface area contributed by atoms with E-state index >= 15 is 0 Å². The fourth-order valence-corrected chi connectivity index (χ4v) is 4.62. The Hall–Kier alpha value is -3.37. The first kappa shape index (κ1) is 26.7. The molecule has 0 bridgehead atoms. The molecule has 0 saturated heterocycles. The van der Waals surface area contributed by atoms with Crippen LogP contribution in [0.15, 0.2) is 36.7 Å². The molecule has 3 aromatic rings. The third-order valence-corrected chi connectivity index (χ3v) is 6.68. The Morgan fingerprint density at radius 3 is 2.95 bits per heavy atom. The molecule has 1 aliphatic rings. The highest BCUT2D eigenvalue weighted by Gasteiger charge is 2.21. The van der Waals surface area contributed by atoms with Gasteiger partial charge in [0.15, 0.2) is 0 Å². The van der Waals surface area contributed by atoms with Crippen molar-refractivity contribution >= 4 is 28.5 Å². The summed E-state index contributed by atoms with van der Waals surface area (Å²) in [5, 5.41) is 16.3. The van der Waals surface area contributed by atoms with Gasteiger partial charge in [0.25, 0.3) is 0 Å². The Bertz CT molecular complexity index is 1190. The van der Waals surface area contributed by atoms with E-state index in [1.54, 1.807) is 19.2 Å². The Morgan fingerprint density at radius 2 is 2.11 bits per heavy atom. The van der Waals surface area contributed by atoms with Crippen LogP contribution in [0.4, 0.5) is 16.0 Å². The zero-order valence-electron chi connectivity index (χ0n) is 21.3. The summed E-state index contributed by atoms with van der Waals surface area (Å²) in [6.07, 6.45) is 6.72. The van der Waals surface area contributed by atoms with Crippen molar-refractivity contribution in [3.8, 4) is 0 Å². The molecule has 3 heterocycles. The fourth-order valence-electron chi connectivity index (χ4n) is 4.62. The summed E-state index contributed by atoms with van der Waals surface area (Å²) in [5.74, 6) is -0.294. The average molecular weight is 511 g/mol. The van der Waals surface area contributed by atoms with Crippen LogP contribution in [0.3, 0.4) is 0 Å². The summed E-state index contributed by atoms with van der Waals surface area (Å²) in [6.45, 7) is 3.62. The third kappa shape index (κ3) is 7.33. The van der Waals surface area contributed by atoms with Gasteiger partial charge in [-0.15, -0.1) is 0 Å². The molecule has 2 aromatic heterocycles. The highest BCUT2D eigenvalue weighted by molar-refractivity contribution is 5.91. The lowest BCUT2D eigenvalue weighted by Crippen LogP contribution is -2.37. The lowest BCUT2D eigenvalue weighted by Gasteiger charge is -2.24. The maximum atomic E-state index is 14.4. The summed E-state index contributed by atoms with van der Waals surface area (Å²) < 4.78 is 19.7. The van der Waals surface area contributed by atoms with Crippen LogP contribution in [0.25, 0.3) is 10.9 Å². The number of aryl methyl sites for hydroxylation is 2. The predicted octanol–water partition coefficient (Wildman–Crippen LogP) is 3.75. The molecule has 0 spiro atoms. The molecule has 1 atom stereocenters. The molecule has 9 nitrogen and oxygen atoms in total. The summed E-state index contributed by atoms with van der Waals surface area (Å²) in [4.78, 5) is 27.2. The number of pyridine rings is 1. The predicted molar refractivity (Wildman–Crippen MR) is 141 cm³/mol. The molecule has 4 rings (SSSR count). The van der Waals surface area contributed by atoms with E-state index in [1.165, 1.54) is 18.0 Å². The largest absolute Gasteiger partial charge is 0.480 e. The second kappa shape index (κ2) is 13.3. The molecule has 10 heteroatoms. The SMILES string of the molecule is COCCN(CCCCc1ccc2c(n1)NCCC2)CCC(Nc1ncnc2cccc(F)c12)C(=O)O. The normalized spacial score (nSPS) is 13.8. The van der Waals surface area contributed by atoms with Gasteiger partial charge in [0.1, 0.15) is 29.8 Å². The Kier molecular flexibility index (Phi) is 9.56. The number of fused-ring (bicyclic) bond motifs is 2. The number of carboxylic acids is 1. The van der Waals surface area contributed by atoms with Gasteiger partial charge < -0.3 is 25.4 Å². The number of hydrogen-bond acceptors (Lipinski definition) is 8. The number of carboxylic acid groups (broad SMARTS) is 1. The molecule has 1 unspecified atom stereocenters. The minimum Gasteiger partial charge on any atom is -0.480 e. The fraction of sp³-hybridized carbons (Fsp3) is 0.481. The van der Waals surface area contributed by atoms with Crippen molar-refractivity contribution in [2.24, 2.45) is 0 Å². The second-order valence-corrected chi connectivity index (χ2v) is 9.31. The van der Waals surface area contributed by atoms with Gasteiger partial charge in [-0.3, -0.25) is 0 Å². The molecule has 0 radical (unpaired) electrons. The number of aromatic nitrogens is 3. The molecule has 1 aliphatic heterocycles. The maximum Gasteiger partial charge on any atom is 0.326 e. The highest BCUT2D eigenvalue weighted by Crippen LogP contribution is 2.23. The van der Waals surface area contributed by atoms with Crippen LogP contribution in [0.5, 0.6) is 0 Å². The number of ether oxygens (including phenoxy) is 1. The minimum atomic E-state index is -1.01. The molecule has 0 aliphatic carbocycles. The zero-order chi connectivity index (χ0) is 26.0. The number of nitrogens with zero attached hydrogens (tertiary/aromatic N) is 4. The van der Waals surface area contributed by atoms with E-state index < -0.39 is 17.8 Å². The molecule has 198 valence electrons. The maximum absolute atomic E-state index is 14.4. The van der Waals surface area contributed by atoms with E-state index in [2.05, 4.69) is 37.6 Å². The number of nitrogens with one attached hydrogen (secondary N) is 2. The third-order valence-electron chi connectivity index (χ3n) is 6.68. The summed E-state index contributed by atoms with van der Waals surface area (Å²) in [7, 11) is 1.66. The summed E-state index contributed by atoms with van der Waals surface area (Å²) in [5.41, 5.74) is 2.81. The number of aliphatic carboxylic acids is 1. The lowest BCUT2D eigenvalue weighted by molar-refractivity contribution is -0.138. The first-order chi connectivity index (χ1) is 18.0. The molecule has 0 fully saturated rings. The van der Waals surface area contributed by atoms with Crippen molar-refractivity contribution in [3.05, 3.63) is 53.7 Å². The van der Waals surface area contributed by atoms with Gasteiger partial charge in [0.05, 0.1) is 17.5 Å². The minimum absolute atomic E-state index is 0.186. The van der Waals surface area contributed by atoms with Gasteiger partial charge in [0, 0.05) is 32.4 Å². The van der Waals surface area contributed by atoms with Crippen molar-refractivity contribution in [2.45, 2.75) is 44.6 Å². The van der Waals surface area contributed by atoms with E-state index in [0.29, 0.717) is 31.6 Å². The van der Waals surface area contributed by atoms with Crippen molar-refractivity contribution in [3.63, 3.8) is 0 Å². The molecule has 37 heavy (non-hydrogen) atoms. The Labute approximate surface area is 216 Å². The van der Waals surface area contributed by atoms with E-state index in [4.69, 9.17) is 9.72 Å². The molecule has 3 N–H and O–H groups in total. The van der Waals surface area contributed by atoms with Crippen molar-refractivity contribution in [1.29, 1.82) is 0 Å². The number of halogens is 1. The van der Waals surface area contributed by atoms with E-state index in [0.717, 1.165) is 56.7 Å². The van der Waals surface area contributed by atoms with E-state index in [9.17, 15) is 14.3 Å². The first-order valence-corrected chi connectivity index (χ1v) is 12.9. The molecular formula is C27H35FN6O3. The lowest BCUT2D eigenvalue weighted by atomic mass is 10.1. The standard InChI is InChI=1S/C27H35FN6O3/c1-37-17-16-34(14-3-2-7-20-11-10-19-6-5-13-29-25(19)32-20)15-12-23(27(35)36)33-26-24-21(28)8-4-9-22(24)30-18-31-26/h4,8-11,18,23H,2-3,5-7,12-17H2,1H3,(H,29,32)(H,35,36)(H,30,31,33). The quantitative estimate of drug-likeness (QED) is 0.279. The number of anilines is 2. The van der Waals surface area contributed by atoms with Gasteiger partial charge in [-0.25, -0.2) is 24.1 Å². The van der Waals surface area contributed by atoms with Crippen LogP contribution >= 0.6 is 0 Å². The van der Waals surface area contributed by atoms with Crippen molar-refractivity contribution in [2.75, 3.05) is 50.5 Å². The van der Waals surface area contributed by atoms with Crippen LogP contribution in [0, 0.1) is 5.82 Å². The molecular weight excluding hydrogens is 475 g/mol. The summed E-state index contributed by atoms with van der Waals surface area (Å²) in [6, 6.07) is 7.93. The average Bonchev–Trinajstić information content (AvgIpc) is 2.91. The van der Waals surface area contributed by atoms with Gasteiger partial charge >= 0.3 is 5.97 Å². The van der Waals surface area contributed by atoms with E-state index in [-0.39, 0.29) is 11.2 Å². The van der Waals surface area contributed by atoms with Crippen LogP contribution in [0.2, 0.25) is 0 Å². The first-order valence-electron chi connectivity index (χ1n) is 12.9. The topological polar surface area (TPSA) is 113 Å². The number of methoxy groups -OCH3 is 1. The number of unbranched alkanes of at least 4 members (excludes halogenated alkanes) is 1. The van der Waals surface area contributed by atoms with Crippen LogP contribution in [0.1, 0.15) is 36.9 Å². The molecule has 0 saturated carbocycles. The van der Waals surface area contributed by atoms with Crippen molar-refractivity contribution < 1.29 is 19.0 Å². The number of hydrogen-bond donors (Lipinski definition) is 3. The van der Waals surface area contributed by atoms with Crippen LogP contribution in [-0.2, 0) is 22.4 Å². The Balaban J connectivity index is 1.31. The number of benzene rings is 1. The molecule has 1 aromatic carbocycles. The number of rotatable bonds is 14. The van der Waals surface area contributed by atoms with Crippen LogP contribution in [-0.4, -0.2) is 76.9 Å². The second-order valence-electron chi connectivity index (χ2n) is 9.31. The molecule has 0 amide bonds. The van der Waals surface area contributed by atoms with Gasteiger partial charge in [-0.1, -0.05) is 12.1 Å². The van der Waals surface area contributed by atoms with E-state index in [1.807, 2.05) is 0 Å². The van der Waals surface area contributed by atoms with Crippen LogP contribution < -0.4 is 10.6 Å². The highest BCUT2D eigenvalue weighted by atomic mass is 19.1. The van der Waals surface area contributed by atoms with Gasteiger partial charge in [-0.05, 0) is 68.8 Å². The summed E-state index contributed by atoms with van der Waals surface area (Å²) >= 11 is 0.